The van der Waals surface area contributed by atoms with Crippen LogP contribution in [0.3, 0.4) is 0 Å². The van der Waals surface area contributed by atoms with E-state index in [1.54, 1.807) is 0 Å². The average Bonchev–Trinajstić information content (AvgIpc) is 2.14. The molecule has 0 heterocycles. The number of nitriles is 1. The number of nitrogens with one attached hydrogen (secondary N) is 1. The zero-order valence-corrected chi connectivity index (χ0v) is 8.60. The third-order valence-corrected chi connectivity index (χ3v) is 2.97. The third-order valence-electron chi connectivity index (χ3n) is 2.97. The van der Waals surface area contributed by atoms with E-state index >= 15 is 0 Å². The fourth-order valence-electron chi connectivity index (χ4n) is 2.07. The number of hydrogen-bond donors (Lipinski definition) is 1. The fourth-order valence-corrected chi connectivity index (χ4v) is 2.07. The summed E-state index contributed by atoms with van der Waals surface area (Å²) >= 11 is 0. The first kappa shape index (κ1) is 10.5. The molecule has 1 rings (SSSR count). The average molecular weight is 180 g/mol. The van der Waals surface area contributed by atoms with Crippen molar-refractivity contribution < 1.29 is 0 Å². The lowest BCUT2D eigenvalue weighted by atomic mass is 9.83. The van der Waals surface area contributed by atoms with Crippen LogP contribution in [-0.2, 0) is 0 Å². The summed E-state index contributed by atoms with van der Waals surface area (Å²) in [6.45, 7) is 3.32. The number of hydrogen-bond acceptors (Lipinski definition) is 2. The SMILES string of the molecule is CC1(NCCCC#N)CCCCC1. The van der Waals surface area contributed by atoms with Gasteiger partial charge in [-0.15, -0.1) is 0 Å². The van der Waals surface area contributed by atoms with Crippen LogP contribution < -0.4 is 5.32 Å². The van der Waals surface area contributed by atoms with Gasteiger partial charge in [-0.1, -0.05) is 19.3 Å². The Morgan fingerprint density at radius 2 is 2.00 bits per heavy atom. The zero-order chi connectivity index (χ0) is 9.57. The monoisotopic (exact) mass is 180 g/mol. The molecule has 0 unspecified atom stereocenters. The lowest BCUT2D eigenvalue weighted by Gasteiger charge is -2.34. The van der Waals surface area contributed by atoms with Gasteiger partial charge in [-0.05, 0) is 32.7 Å². The molecule has 1 N–H and O–H groups in total. The Balaban J connectivity index is 2.14. The minimum atomic E-state index is 0.369. The van der Waals surface area contributed by atoms with Crippen LogP contribution in [0.2, 0.25) is 0 Å². The van der Waals surface area contributed by atoms with Crippen molar-refractivity contribution >= 4 is 0 Å². The largest absolute Gasteiger partial charge is 0.311 e. The molecule has 2 heteroatoms. The van der Waals surface area contributed by atoms with E-state index in [9.17, 15) is 0 Å². The molecule has 74 valence electrons. The van der Waals surface area contributed by atoms with Crippen LogP contribution in [0.1, 0.15) is 51.9 Å². The number of rotatable bonds is 4. The molecule has 0 spiro atoms. The van der Waals surface area contributed by atoms with E-state index in [1.165, 1.54) is 32.1 Å². The quantitative estimate of drug-likeness (QED) is 0.675. The predicted molar refractivity (Wildman–Crippen MR) is 54.3 cm³/mol. The van der Waals surface area contributed by atoms with E-state index < -0.39 is 0 Å². The third kappa shape index (κ3) is 3.78. The van der Waals surface area contributed by atoms with Crippen LogP contribution in [0, 0.1) is 11.3 Å². The maximum atomic E-state index is 8.39. The molecule has 0 radical (unpaired) electrons. The van der Waals surface area contributed by atoms with Crippen LogP contribution in [0.25, 0.3) is 0 Å². The van der Waals surface area contributed by atoms with Crippen molar-refractivity contribution in [1.82, 2.24) is 5.32 Å². The minimum absolute atomic E-state index is 0.369. The van der Waals surface area contributed by atoms with E-state index in [-0.39, 0.29) is 0 Å². The second-order valence-electron chi connectivity index (χ2n) is 4.31. The van der Waals surface area contributed by atoms with Gasteiger partial charge in [0, 0.05) is 12.0 Å². The van der Waals surface area contributed by atoms with Gasteiger partial charge in [0.15, 0.2) is 0 Å². The highest BCUT2D eigenvalue weighted by Gasteiger charge is 2.25. The van der Waals surface area contributed by atoms with Crippen molar-refractivity contribution in [2.45, 2.75) is 57.4 Å². The van der Waals surface area contributed by atoms with Gasteiger partial charge in [0.1, 0.15) is 0 Å². The van der Waals surface area contributed by atoms with Gasteiger partial charge in [-0.2, -0.15) is 5.26 Å². The van der Waals surface area contributed by atoms with Gasteiger partial charge in [-0.3, -0.25) is 0 Å². The summed E-state index contributed by atoms with van der Waals surface area (Å²) in [4.78, 5) is 0. The molecular weight excluding hydrogens is 160 g/mol. The molecule has 1 fully saturated rings. The molecule has 1 aliphatic rings. The zero-order valence-electron chi connectivity index (χ0n) is 8.60. The van der Waals surface area contributed by atoms with Crippen LogP contribution in [0.15, 0.2) is 0 Å². The van der Waals surface area contributed by atoms with Crippen molar-refractivity contribution in [3.8, 4) is 6.07 Å². The molecular formula is C11H20N2. The van der Waals surface area contributed by atoms with Crippen molar-refractivity contribution in [2.24, 2.45) is 0 Å². The van der Waals surface area contributed by atoms with Gasteiger partial charge in [-0.25, -0.2) is 0 Å². The summed E-state index contributed by atoms with van der Waals surface area (Å²) in [5, 5.41) is 12.0. The molecule has 1 aliphatic carbocycles. The molecule has 0 aliphatic heterocycles. The van der Waals surface area contributed by atoms with E-state index in [0.717, 1.165) is 13.0 Å². The molecule has 0 aromatic carbocycles. The van der Waals surface area contributed by atoms with Crippen molar-refractivity contribution in [2.75, 3.05) is 6.54 Å². The maximum absolute atomic E-state index is 8.39. The van der Waals surface area contributed by atoms with Gasteiger partial charge in [0.05, 0.1) is 6.07 Å². The molecule has 0 amide bonds. The molecule has 0 aromatic rings. The van der Waals surface area contributed by atoms with Gasteiger partial charge in [0.2, 0.25) is 0 Å². The first-order valence-corrected chi connectivity index (χ1v) is 5.39. The molecule has 2 nitrogen and oxygen atoms in total. The van der Waals surface area contributed by atoms with Crippen molar-refractivity contribution in [3.63, 3.8) is 0 Å². The first-order valence-electron chi connectivity index (χ1n) is 5.39. The lowest BCUT2D eigenvalue weighted by molar-refractivity contribution is 0.254. The molecule has 13 heavy (non-hydrogen) atoms. The van der Waals surface area contributed by atoms with Crippen LogP contribution in [-0.4, -0.2) is 12.1 Å². The number of nitrogens with zero attached hydrogens (tertiary/aromatic N) is 1. The summed E-state index contributed by atoms with van der Waals surface area (Å²) in [5.41, 5.74) is 0.369. The normalized spacial score (nSPS) is 20.9. The van der Waals surface area contributed by atoms with Crippen molar-refractivity contribution in [1.29, 1.82) is 5.26 Å². The molecule has 1 saturated carbocycles. The molecule has 0 aromatic heterocycles. The standard InChI is InChI=1S/C11H20N2/c1-11(7-3-2-4-8-11)13-10-6-5-9-12/h13H,2-8,10H2,1H3. The Morgan fingerprint density at radius 3 is 2.62 bits per heavy atom. The van der Waals surface area contributed by atoms with Gasteiger partial charge >= 0.3 is 0 Å². The Bertz CT molecular complexity index is 175. The summed E-state index contributed by atoms with van der Waals surface area (Å²) in [6.07, 6.45) is 8.41. The molecule has 0 atom stereocenters. The van der Waals surface area contributed by atoms with Gasteiger partial charge in [0.25, 0.3) is 0 Å². The minimum Gasteiger partial charge on any atom is -0.311 e. The Morgan fingerprint density at radius 1 is 1.31 bits per heavy atom. The predicted octanol–water partition coefficient (Wildman–Crippen LogP) is 2.60. The van der Waals surface area contributed by atoms with E-state index in [4.69, 9.17) is 5.26 Å². The van der Waals surface area contributed by atoms with Crippen LogP contribution in [0.4, 0.5) is 0 Å². The second-order valence-corrected chi connectivity index (χ2v) is 4.31. The highest BCUT2D eigenvalue weighted by molar-refractivity contribution is 4.86. The second kappa shape index (κ2) is 5.24. The smallest absolute Gasteiger partial charge is 0.0622 e. The Labute approximate surface area is 81.3 Å². The van der Waals surface area contributed by atoms with Gasteiger partial charge < -0.3 is 5.32 Å². The highest BCUT2D eigenvalue weighted by atomic mass is 15.0. The summed E-state index contributed by atoms with van der Waals surface area (Å²) < 4.78 is 0. The fraction of sp³-hybridized carbons (Fsp3) is 0.909. The maximum Gasteiger partial charge on any atom is 0.0622 e. The van der Waals surface area contributed by atoms with Crippen LogP contribution >= 0.6 is 0 Å². The Kier molecular flexibility index (Phi) is 4.24. The lowest BCUT2D eigenvalue weighted by Crippen LogP contribution is -2.44. The summed E-state index contributed by atoms with van der Waals surface area (Å²) in [6, 6.07) is 2.18. The van der Waals surface area contributed by atoms with E-state index in [0.29, 0.717) is 12.0 Å². The topological polar surface area (TPSA) is 35.8 Å². The Hall–Kier alpha value is -0.550. The number of unbranched alkanes of at least 4 members (excludes halogenated alkanes) is 1. The molecule has 0 bridgehead atoms. The summed E-state index contributed by atoms with van der Waals surface area (Å²) in [5.74, 6) is 0. The molecule has 0 saturated heterocycles. The van der Waals surface area contributed by atoms with Crippen molar-refractivity contribution in [3.05, 3.63) is 0 Å². The van der Waals surface area contributed by atoms with E-state index in [2.05, 4.69) is 18.3 Å². The van der Waals surface area contributed by atoms with Crippen LogP contribution in [0.5, 0.6) is 0 Å². The first-order chi connectivity index (χ1) is 6.27. The summed E-state index contributed by atoms with van der Waals surface area (Å²) in [7, 11) is 0. The van der Waals surface area contributed by atoms with E-state index in [1.807, 2.05) is 0 Å². The highest BCUT2D eigenvalue weighted by Crippen LogP contribution is 2.27.